The van der Waals surface area contributed by atoms with Crippen LogP contribution in [0.3, 0.4) is 0 Å². The third-order valence-corrected chi connectivity index (χ3v) is 3.52. The van der Waals surface area contributed by atoms with Crippen LogP contribution in [0, 0.1) is 0 Å². The van der Waals surface area contributed by atoms with Crippen LogP contribution < -0.4 is 11.5 Å². The van der Waals surface area contributed by atoms with Gasteiger partial charge in [-0.1, -0.05) is 19.3 Å². The largest absolute Gasteiger partial charge is 0.327 e. The molecule has 0 spiro atoms. The van der Waals surface area contributed by atoms with Crippen molar-refractivity contribution >= 4 is 11.8 Å². The van der Waals surface area contributed by atoms with E-state index in [2.05, 4.69) is 0 Å². The van der Waals surface area contributed by atoms with E-state index in [0.29, 0.717) is 11.3 Å². The van der Waals surface area contributed by atoms with Crippen LogP contribution in [0.2, 0.25) is 0 Å². The number of hydrogen-bond donors (Lipinski definition) is 2. The predicted octanol–water partition coefficient (Wildman–Crippen LogP) is 1.30. The molecule has 11 heavy (non-hydrogen) atoms. The van der Waals surface area contributed by atoms with Gasteiger partial charge in [-0.15, -0.1) is 11.8 Å². The summed E-state index contributed by atoms with van der Waals surface area (Å²) in [4.78, 5) is 0. The Bertz CT molecular complexity index is 108. The van der Waals surface area contributed by atoms with E-state index in [1.165, 1.54) is 32.1 Å². The second-order valence-corrected chi connectivity index (χ2v) is 4.45. The molecule has 1 fully saturated rings. The molecule has 0 aromatic heterocycles. The van der Waals surface area contributed by atoms with Gasteiger partial charge in [-0.25, -0.2) is 0 Å². The molecule has 1 saturated carbocycles. The van der Waals surface area contributed by atoms with Crippen molar-refractivity contribution in [3.8, 4) is 0 Å². The molecule has 2 unspecified atom stereocenters. The van der Waals surface area contributed by atoms with Gasteiger partial charge in [-0.3, -0.25) is 0 Å². The Labute approximate surface area is 73.1 Å². The van der Waals surface area contributed by atoms with Crippen molar-refractivity contribution < 1.29 is 0 Å². The van der Waals surface area contributed by atoms with Crippen molar-refractivity contribution in [2.45, 2.75) is 43.4 Å². The monoisotopic (exact) mass is 174 g/mol. The molecule has 1 aliphatic carbocycles. The van der Waals surface area contributed by atoms with Crippen molar-refractivity contribution in [3.63, 3.8) is 0 Å². The molecule has 2 nitrogen and oxygen atoms in total. The summed E-state index contributed by atoms with van der Waals surface area (Å²) >= 11 is 1.83. The summed E-state index contributed by atoms with van der Waals surface area (Å²) in [7, 11) is 0. The van der Waals surface area contributed by atoms with E-state index in [1.54, 1.807) is 0 Å². The van der Waals surface area contributed by atoms with E-state index in [1.807, 2.05) is 11.8 Å². The molecule has 0 aromatic rings. The summed E-state index contributed by atoms with van der Waals surface area (Å²) in [5.41, 5.74) is 11.5. The minimum atomic E-state index is 0.394. The molecule has 1 rings (SSSR count). The molecule has 3 heteroatoms. The summed E-state index contributed by atoms with van der Waals surface area (Å²) in [5.74, 6) is 0.721. The first kappa shape index (κ1) is 9.36. The summed E-state index contributed by atoms with van der Waals surface area (Å²) in [6.07, 6.45) is 6.46. The van der Waals surface area contributed by atoms with Crippen LogP contribution in [0.15, 0.2) is 0 Å². The lowest BCUT2D eigenvalue weighted by Gasteiger charge is -2.19. The minimum Gasteiger partial charge on any atom is -0.327 e. The first-order valence-corrected chi connectivity index (χ1v) is 5.46. The molecule has 0 aliphatic heterocycles. The van der Waals surface area contributed by atoms with Gasteiger partial charge in [0.05, 0.1) is 0 Å². The smallest absolute Gasteiger partial charge is 0.0396 e. The molecular weight excluding hydrogens is 156 g/mol. The zero-order chi connectivity index (χ0) is 8.10. The maximum absolute atomic E-state index is 5.99. The van der Waals surface area contributed by atoms with Gasteiger partial charge in [0.2, 0.25) is 0 Å². The average Bonchev–Trinajstić information content (AvgIpc) is 2.18. The first-order valence-electron chi connectivity index (χ1n) is 4.42. The quantitative estimate of drug-likeness (QED) is 0.490. The van der Waals surface area contributed by atoms with Gasteiger partial charge in [-0.2, -0.15) is 0 Å². The molecule has 0 radical (unpaired) electrons. The van der Waals surface area contributed by atoms with E-state index in [4.69, 9.17) is 11.5 Å². The molecule has 0 aromatic carbocycles. The highest BCUT2D eigenvalue weighted by molar-refractivity contribution is 7.99. The lowest BCUT2D eigenvalue weighted by molar-refractivity contribution is 0.596. The normalized spacial score (nSPS) is 33.3. The van der Waals surface area contributed by atoms with Crippen molar-refractivity contribution in [2.75, 3.05) is 5.88 Å². The van der Waals surface area contributed by atoms with Crippen LogP contribution in [0.5, 0.6) is 0 Å². The van der Waals surface area contributed by atoms with Crippen LogP contribution in [-0.2, 0) is 0 Å². The SMILES string of the molecule is NCSC1CCCCCC1N. The van der Waals surface area contributed by atoms with Crippen molar-refractivity contribution in [3.05, 3.63) is 0 Å². The number of rotatable bonds is 2. The lowest BCUT2D eigenvalue weighted by Crippen LogP contribution is -2.31. The van der Waals surface area contributed by atoms with Gasteiger partial charge in [0.1, 0.15) is 0 Å². The van der Waals surface area contributed by atoms with Gasteiger partial charge in [0.25, 0.3) is 0 Å². The number of thioether (sulfide) groups is 1. The van der Waals surface area contributed by atoms with Gasteiger partial charge in [0.15, 0.2) is 0 Å². The summed E-state index contributed by atoms with van der Waals surface area (Å²) in [5, 5.41) is 0.627. The first-order chi connectivity index (χ1) is 5.34. The molecule has 4 N–H and O–H groups in total. The predicted molar refractivity (Wildman–Crippen MR) is 51.5 cm³/mol. The lowest BCUT2D eigenvalue weighted by atomic mass is 10.1. The van der Waals surface area contributed by atoms with Gasteiger partial charge >= 0.3 is 0 Å². The standard InChI is InChI=1S/C8H18N2S/c9-6-11-8-5-3-1-2-4-7(8)10/h7-8H,1-6,9-10H2. The van der Waals surface area contributed by atoms with Crippen molar-refractivity contribution in [1.82, 2.24) is 0 Å². The molecule has 0 saturated heterocycles. The molecule has 2 atom stereocenters. The van der Waals surface area contributed by atoms with Crippen LogP contribution >= 0.6 is 11.8 Å². The fourth-order valence-corrected chi connectivity index (χ4v) is 2.60. The van der Waals surface area contributed by atoms with Crippen LogP contribution in [0.4, 0.5) is 0 Å². The second kappa shape index (κ2) is 5.01. The van der Waals surface area contributed by atoms with Gasteiger partial charge in [0, 0.05) is 17.2 Å². The van der Waals surface area contributed by atoms with Crippen LogP contribution in [-0.4, -0.2) is 17.2 Å². The Hall–Kier alpha value is 0.270. The summed E-state index contributed by atoms with van der Waals surface area (Å²) in [6, 6.07) is 0.394. The van der Waals surface area contributed by atoms with E-state index in [9.17, 15) is 0 Å². The van der Waals surface area contributed by atoms with E-state index >= 15 is 0 Å². The van der Waals surface area contributed by atoms with Crippen LogP contribution in [0.1, 0.15) is 32.1 Å². The highest BCUT2D eigenvalue weighted by atomic mass is 32.2. The molecule has 0 amide bonds. The Morgan fingerprint density at radius 3 is 2.64 bits per heavy atom. The summed E-state index contributed by atoms with van der Waals surface area (Å²) < 4.78 is 0. The fraction of sp³-hybridized carbons (Fsp3) is 1.00. The van der Waals surface area contributed by atoms with E-state index < -0.39 is 0 Å². The third kappa shape index (κ3) is 3.01. The fourth-order valence-electron chi connectivity index (χ4n) is 1.63. The Morgan fingerprint density at radius 1 is 1.18 bits per heavy atom. The maximum atomic E-state index is 5.99. The molecular formula is C8H18N2S. The van der Waals surface area contributed by atoms with Gasteiger partial charge < -0.3 is 11.5 Å². The Kier molecular flexibility index (Phi) is 4.26. The number of hydrogen-bond acceptors (Lipinski definition) is 3. The molecule has 1 aliphatic rings. The second-order valence-electron chi connectivity index (χ2n) is 3.17. The zero-order valence-corrected chi connectivity index (χ0v) is 7.78. The Morgan fingerprint density at radius 2 is 1.91 bits per heavy atom. The Balaban J connectivity index is 2.32. The maximum Gasteiger partial charge on any atom is 0.0396 e. The van der Waals surface area contributed by atoms with E-state index in [-0.39, 0.29) is 0 Å². The minimum absolute atomic E-state index is 0.394. The third-order valence-electron chi connectivity index (χ3n) is 2.31. The molecule has 0 heterocycles. The van der Waals surface area contributed by atoms with Crippen LogP contribution in [0.25, 0.3) is 0 Å². The molecule has 0 bridgehead atoms. The van der Waals surface area contributed by atoms with Crippen molar-refractivity contribution in [1.29, 1.82) is 0 Å². The zero-order valence-electron chi connectivity index (χ0n) is 6.96. The highest BCUT2D eigenvalue weighted by Crippen LogP contribution is 2.25. The van der Waals surface area contributed by atoms with Gasteiger partial charge in [-0.05, 0) is 12.8 Å². The highest BCUT2D eigenvalue weighted by Gasteiger charge is 2.19. The topological polar surface area (TPSA) is 52.0 Å². The molecule has 66 valence electrons. The van der Waals surface area contributed by atoms with Crippen molar-refractivity contribution in [2.24, 2.45) is 11.5 Å². The number of nitrogens with two attached hydrogens (primary N) is 2. The van der Waals surface area contributed by atoms with E-state index in [0.717, 1.165) is 5.88 Å². The average molecular weight is 174 g/mol. The summed E-state index contributed by atoms with van der Waals surface area (Å²) in [6.45, 7) is 0.